The van der Waals surface area contributed by atoms with Crippen molar-refractivity contribution in [3.63, 3.8) is 0 Å². The van der Waals surface area contributed by atoms with Crippen LogP contribution >= 0.6 is 0 Å². The summed E-state index contributed by atoms with van der Waals surface area (Å²) in [6.45, 7) is 1.70. The molecule has 1 heterocycles. The molecule has 25 heavy (non-hydrogen) atoms. The highest BCUT2D eigenvalue weighted by Gasteiger charge is 2.26. The van der Waals surface area contributed by atoms with Crippen LogP contribution in [0.1, 0.15) is 31.6 Å². The number of aliphatic carboxylic acids is 1. The van der Waals surface area contributed by atoms with E-state index in [2.05, 4.69) is 20.8 Å². The van der Waals surface area contributed by atoms with Gasteiger partial charge in [0, 0.05) is 18.5 Å². The van der Waals surface area contributed by atoms with Crippen molar-refractivity contribution in [2.75, 3.05) is 5.32 Å². The maximum absolute atomic E-state index is 12.3. The van der Waals surface area contributed by atoms with Crippen molar-refractivity contribution < 1.29 is 19.2 Å². The summed E-state index contributed by atoms with van der Waals surface area (Å²) in [6.07, 6.45) is 2.49. The summed E-state index contributed by atoms with van der Waals surface area (Å²) in [4.78, 5) is 27.4. The number of benzene rings is 1. The summed E-state index contributed by atoms with van der Waals surface area (Å²) in [5, 5.41) is 18.6. The van der Waals surface area contributed by atoms with Crippen LogP contribution in [0.15, 0.2) is 28.8 Å². The van der Waals surface area contributed by atoms with Crippen molar-refractivity contribution in [3.05, 3.63) is 30.2 Å². The lowest BCUT2D eigenvalue weighted by atomic mass is 9.86. The third kappa shape index (κ3) is 4.14. The second-order valence-electron chi connectivity index (χ2n) is 6.17. The highest BCUT2D eigenvalue weighted by Crippen LogP contribution is 2.26. The summed E-state index contributed by atoms with van der Waals surface area (Å²) in [6, 6.07) is 6.86. The molecular formula is C17H20N4O4. The van der Waals surface area contributed by atoms with Gasteiger partial charge in [-0.05, 0) is 37.8 Å². The Morgan fingerprint density at radius 2 is 1.92 bits per heavy atom. The van der Waals surface area contributed by atoms with Gasteiger partial charge in [0.25, 0.3) is 0 Å². The number of hydrogen-bond donors (Lipinski definition) is 3. The Balaban J connectivity index is 1.61. The van der Waals surface area contributed by atoms with Crippen molar-refractivity contribution in [1.29, 1.82) is 0 Å². The molecule has 1 aliphatic rings. The Kier molecular flexibility index (Phi) is 4.97. The lowest BCUT2D eigenvalue weighted by Gasteiger charge is -2.26. The normalized spacial score (nSPS) is 20.0. The van der Waals surface area contributed by atoms with E-state index in [1.165, 1.54) is 0 Å². The average molecular weight is 344 g/mol. The van der Waals surface area contributed by atoms with Gasteiger partial charge >= 0.3 is 12.0 Å². The predicted octanol–water partition coefficient (Wildman–Crippen LogP) is 2.81. The van der Waals surface area contributed by atoms with E-state index >= 15 is 0 Å². The van der Waals surface area contributed by atoms with E-state index in [1.807, 2.05) is 12.1 Å². The largest absolute Gasteiger partial charge is 0.481 e. The third-order valence-corrected chi connectivity index (χ3v) is 4.36. The number of urea groups is 1. The number of carboxylic acids is 1. The third-order valence-electron chi connectivity index (χ3n) is 4.36. The number of para-hydroxylation sites is 1. The highest BCUT2D eigenvalue weighted by atomic mass is 16.5. The molecular weight excluding hydrogens is 324 g/mol. The molecule has 2 aromatic rings. The zero-order valence-electron chi connectivity index (χ0n) is 13.9. The monoisotopic (exact) mass is 344 g/mol. The lowest BCUT2D eigenvalue weighted by molar-refractivity contribution is -0.142. The van der Waals surface area contributed by atoms with E-state index in [0.29, 0.717) is 48.6 Å². The molecule has 0 atom stereocenters. The van der Waals surface area contributed by atoms with Crippen LogP contribution < -0.4 is 10.6 Å². The number of rotatable bonds is 4. The van der Waals surface area contributed by atoms with Crippen molar-refractivity contribution in [2.24, 2.45) is 5.92 Å². The zero-order valence-corrected chi connectivity index (χ0v) is 13.9. The SMILES string of the molecule is Cc1nc(-c2ccccc2NC(=O)NC2CCC(C(=O)O)CC2)no1. The van der Waals surface area contributed by atoms with Gasteiger partial charge in [-0.15, -0.1) is 0 Å². The maximum Gasteiger partial charge on any atom is 0.319 e. The van der Waals surface area contributed by atoms with Crippen LogP contribution in [0.5, 0.6) is 0 Å². The first-order valence-electron chi connectivity index (χ1n) is 8.23. The Hall–Kier alpha value is -2.90. The molecule has 0 radical (unpaired) electrons. The first kappa shape index (κ1) is 16.9. The number of carboxylic acid groups (broad SMARTS) is 1. The van der Waals surface area contributed by atoms with Gasteiger partial charge in [0.1, 0.15) is 0 Å². The Morgan fingerprint density at radius 1 is 1.20 bits per heavy atom. The number of carbonyl (C=O) groups is 2. The van der Waals surface area contributed by atoms with E-state index in [9.17, 15) is 9.59 Å². The summed E-state index contributed by atoms with van der Waals surface area (Å²) < 4.78 is 4.99. The van der Waals surface area contributed by atoms with Gasteiger partial charge in [0.05, 0.1) is 11.6 Å². The smallest absolute Gasteiger partial charge is 0.319 e. The summed E-state index contributed by atoms with van der Waals surface area (Å²) in [5.74, 6) is -0.199. The molecule has 8 nitrogen and oxygen atoms in total. The summed E-state index contributed by atoms with van der Waals surface area (Å²) in [5.41, 5.74) is 1.25. The van der Waals surface area contributed by atoms with Gasteiger partial charge in [-0.3, -0.25) is 4.79 Å². The molecule has 1 saturated carbocycles. The van der Waals surface area contributed by atoms with Crippen molar-refractivity contribution in [1.82, 2.24) is 15.5 Å². The van der Waals surface area contributed by atoms with Crippen LogP contribution in [0.3, 0.4) is 0 Å². The van der Waals surface area contributed by atoms with Crippen LogP contribution in [0.25, 0.3) is 11.4 Å². The van der Waals surface area contributed by atoms with Crippen LogP contribution in [-0.4, -0.2) is 33.3 Å². The zero-order chi connectivity index (χ0) is 17.8. The van der Waals surface area contributed by atoms with Crippen LogP contribution in [0, 0.1) is 12.8 Å². The van der Waals surface area contributed by atoms with Crippen molar-refractivity contribution in [3.8, 4) is 11.4 Å². The van der Waals surface area contributed by atoms with Crippen molar-refractivity contribution in [2.45, 2.75) is 38.6 Å². The Labute approximate surface area is 144 Å². The van der Waals surface area contributed by atoms with E-state index in [-0.39, 0.29) is 18.0 Å². The molecule has 1 fully saturated rings. The molecule has 1 aliphatic carbocycles. The number of nitrogens with one attached hydrogen (secondary N) is 2. The van der Waals surface area contributed by atoms with Crippen molar-refractivity contribution >= 4 is 17.7 Å². The number of carbonyl (C=O) groups excluding carboxylic acids is 1. The Bertz CT molecular complexity index is 766. The van der Waals surface area contributed by atoms with E-state index < -0.39 is 5.97 Å². The fourth-order valence-electron chi connectivity index (χ4n) is 3.02. The fraction of sp³-hybridized carbons (Fsp3) is 0.412. The number of hydrogen-bond acceptors (Lipinski definition) is 5. The first-order valence-corrected chi connectivity index (χ1v) is 8.23. The predicted molar refractivity (Wildman–Crippen MR) is 90.0 cm³/mol. The van der Waals surface area contributed by atoms with Crippen LogP contribution in [0.2, 0.25) is 0 Å². The second-order valence-corrected chi connectivity index (χ2v) is 6.17. The van der Waals surface area contributed by atoms with Gasteiger partial charge < -0.3 is 20.3 Å². The van der Waals surface area contributed by atoms with Gasteiger partial charge in [-0.25, -0.2) is 4.79 Å². The molecule has 0 aliphatic heterocycles. The molecule has 2 amide bonds. The molecule has 0 bridgehead atoms. The molecule has 0 unspecified atom stereocenters. The quantitative estimate of drug-likeness (QED) is 0.785. The summed E-state index contributed by atoms with van der Waals surface area (Å²) in [7, 11) is 0. The molecule has 3 rings (SSSR count). The van der Waals surface area contributed by atoms with Gasteiger partial charge in [-0.1, -0.05) is 17.3 Å². The fourth-order valence-corrected chi connectivity index (χ4v) is 3.02. The van der Waals surface area contributed by atoms with E-state index in [1.54, 1.807) is 19.1 Å². The molecule has 0 saturated heterocycles. The Morgan fingerprint density at radius 3 is 2.56 bits per heavy atom. The van der Waals surface area contributed by atoms with Gasteiger partial charge in [0.2, 0.25) is 11.7 Å². The molecule has 1 aromatic carbocycles. The number of anilines is 1. The molecule has 1 aromatic heterocycles. The highest BCUT2D eigenvalue weighted by molar-refractivity contribution is 5.93. The standard InChI is InChI=1S/C17H20N4O4/c1-10-18-15(21-25-10)13-4-2-3-5-14(13)20-17(24)19-12-8-6-11(7-9-12)16(22)23/h2-5,11-12H,6-9H2,1H3,(H,22,23)(H2,19,20,24). The van der Waals surface area contributed by atoms with Gasteiger partial charge in [-0.2, -0.15) is 4.98 Å². The van der Waals surface area contributed by atoms with E-state index in [0.717, 1.165) is 0 Å². The second kappa shape index (κ2) is 7.33. The average Bonchev–Trinajstić information content (AvgIpc) is 3.02. The lowest BCUT2D eigenvalue weighted by Crippen LogP contribution is -2.41. The minimum Gasteiger partial charge on any atom is -0.481 e. The van der Waals surface area contributed by atoms with Crippen LogP contribution in [0.4, 0.5) is 10.5 Å². The first-order chi connectivity index (χ1) is 12.0. The molecule has 3 N–H and O–H groups in total. The number of aromatic nitrogens is 2. The molecule has 0 spiro atoms. The molecule has 132 valence electrons. The topological polar surface area (TPSA) is 117 Å². The molecule has 8 heteroatoms. The van der Waals surface area contributed by atoms with E-state index in [4.69, 9.17) is 9.63 Å². The van der Waals surface area contributed by atoms with Gasteiger partial charge in [0.15, 0.2) is 0 Å². The number of amides is 2. The minimum absolute atomic E-state index is 0.0184. The van der Waals surface area contributed by atoms with Crippen LogP contribution in [-0.2, 0) is 4.79 Å². The summed E-state index contributed by atoms with van der Waals surface area (Å²) >= 11 is 0. The number of nitrogens with zero attached hydrogens (tertiary/aromatic N) is 2. The maximum atomic E-state index is 12.3. The minimum atomic E-state index is -0.757. The number of aryl methyl sites for hydroxylation is 1.